The number of nitrogens with zero attached hydrogens (tertiary/aromatic N) is 1. The summed E-state index contributed by atoms with van der Waals surface area (Å²) in [7, 11) is 0. The maximum atomic E-state index is 11.1. The van der Waals surface area contributed by atoms with Crippen LogP contribution in [0.4, 0.5) is 0 Å². The van der Waals surface area contributed by atoms with Gasteiger partial charge in [-0.1, -0.05) is 27.2 Å². The van der Waals surface area contributed by atoms with Gasteiger partial charge in [0.05, 0.1) is 6.61 Å². The molecule has 15 heavy (non-hydrogen) atoms. The van der Waals surface area contributed by atoms with E-state index in [1.807, 2.05) is 18.7 Å². The summed E-state index contributed by atoms with van der Waals surface area (Å²) < 4.78 is 0. The largest absolute Gasteiger partial charge is 0.480 e. The lowest BCUT2D eigenvalue weighted by Gasteiger charge is -2.30. The zero-order valence-electron chi connectivity index (χ0n) is 9.94. The van der Waals surface area contributed by atoms with Crippen LogP contribution in [0.15, 0.2) is 0 Å². The molecular formula is C11H23NO3. The van der Waals surface area contributed by atoms with Crippen LogP contribution in [0.2, 0.25) is 0 Å². The first-order valence-electron chi connectivity index (χ1n) is 5.62. The van der Waals surface area contributed by atoms with Gasteiger partial charge in [-0.3, -0.25) is 9.69 Å². The Labute approximate surface area is 91.9 Å². The van der Waals surface area contributed by atoms with Crippen molar-refractivity contribution >= 4 is 5.97 Å². The summed E-state index contributed by atoms with van der Waals surface area (Å²) in [6.07, 6.45) is 2.00. The molecule has 0 aromatic carbocycles. The average molecular weight is 217 g/mol. The Kier molecular flexibility index (Phi) is 7.34. The lowest BCUT2D eigenvalue weighted by atomic mass is 10.0. The number of aliphatic hydroxyl groups excluding tert-OH is 1. The molecule has 0 bridgehead atoms. The molecule has 0 aliphatic heterocycles. The standard InChI is InChI=1S/C11H23NO3/c1-4-5-6-12(7-8-13)10(9(2)3)11(14)15/h9-10,13H,4-8H2,1-3H3,(H,14,15). The Hall–Kier alpha value is -0.610. The van der Waals surface area contributed by atoms with Crippen molar-refractivity contribution in [3.8, 4) is 0 Å². The quantitative estimate of drug-likeness (QED) is 0.641. The van der Waals surface area contributed by atoms with Crippen LogP contribution >= 0.6 is 0 Å². The highest BCUT2D eigenvalue weighted by Crippen LogP contribution is 2.12. The minimum Gasteiger partial charge on any atom is -0.480 e. The zero-order chi connectivity index (χ0) is 11.8. The molecule has 0 aliphatic rings. The molecule has 0 fully saturated rings. The Morgan fingerprint density at radius 3 is 2.27 bits per heavy atom. The molecule has 90 valence electrons. The molecule has 4 nitrogen and oxygen atoms in total. The fraction of sp³-hybridized carbons (Fsp3) is 0.909. The fourth-order valence-electron chi connectivity index (χ4n) is 1.74. The molecule has 0 radical (unpaired) electrons. The van der Waals surface area contributed by atoms with Crippen molar-refractivity contribution in [2.45, 2.75) is 39.7 Å². The van der Waals surface area contributed by atoms with Gasteiger partial charge >= 0.3 is 5.97 Å². The summed E-state index contributed by atoms with van der Waals surface area (Å²) in [5.41, 5.74) is 0. The van der Waals surface area contributed by atoms with E-state index in [2.05, 4.69) is 6.92 Å². The number of carboxylic acid groups (broad SMARTS) is 1. The van der Waals surface area contributed by atoms with Gasteiger partial charge in [0.1, 0.15) is 6.04 Å². The van der Waals surface area contributed by atoms with E-state index in [9.17, 15) is 4.79 Å². The van der Waals surface area contributed by atoms with Crippen molar-refractivity contribution in [1.82, 2.24) is 4.90 Å². The number of aliphatic hydroxyl groups is 1. The topological polar surface area (TPSA) is 60.8 Å². The van der Waals surface area contributed by atoms with Gasteiger partial charge in [0.2, 0.25) is 0 Å². The van der Waals surface area contributed by atoms with Crippen LogP contribution in [0.1, 0.15) is 33.6 Å². The first kappa shape index (κ1) is 14.4. The number of hydrogen-bond acceptors (Lipinski definition) is 3. The predicted octanol–water partition coefficient (Wildman–Crippen LogP) is 1.19. The number of unbranched alkanes of at least 4 members (excludes halogenated alkanes) is 1. The van der Waals surface area contributed by atoms with Crippen molar-refractivity contribution in [3.05, 3.63) is 0 Å². The molecule has 0 spiro atoms. The van der Waals surface area contributed by atoms with Crippen LogP contribution in [0, 0.1) is 5.92 Å². The molecule has 4 heteroatoms. The monoisotopic (exact) mass is 217 g/mol. The van der Waals surface area contributed by atoms with E-state index in [0.717, 1.165) is 19.4 Å². The van der Waals surface area contributed by atoms with Crippen molar-refractivity contribution < 1.29 is 15.0 Å². The van der Waals surface area contributed by atoms with Crippen molar-refractivity contribution in [2.24, 2.45) is 5.92 Å². The second-order valence-corrected chi connectivity index (χ2v) is 4.14. The van der Waals surface area contributed by atoms with Gasteiger partial charge in [0, 0.05) is 6.54 Å². The first-order chi connectivity index (χ1) is 7.04. The van der Waals surface area contributed by atoms with E-state index in [-0.39, 0.29) is 12.5 Å². The van der Waals surface area contributed by atoms with Crippen LogP contribution in [-0.2, 0) is 4.79 Å². The van der Waals surface area contributed by atoms with Gasteiger partial charge in [-0.05, 0) is 18.9 Å². The van der Waals surface area contributed by atoms with Gasteiger partial charge in [-0.25, -0.2) is 0 Å². The zero-order valence-corrected chi connectivity index (χ0v) is 9.94. The molecule has 0 aliphatic carbocycles. The van der Waals surface area contributed by atoms with Gasteiger partial charge in [-0.2, -0.15) is 0 Å². The Morgan fingerprint density at radius 1 is 1.33 bits per heavy atom. The Balaban J connectivity index is 4.44. The molecule has 1 atom stereocenters. The van der Waals surface area contributed by atoms with E-state index in [1.54, 1.807) is 0 Å². The lowest BCUT2D eigenvalue weighted by Crippen LogP contribution is -2.46. The van der Waals surface area contributed by atoms with Crippen LogP contribution < -0.4 is 0 Å². The second-order valence-electron chi connectivity index (χ2n) is 4.14. The third-order valence-corrected chi connectivity index (χ3v) is 2.46. The van der Waals surface area contributed by atoms with Gasteiger partial charge in [-0.15, -0.1) is 0 Å². The smallest absolute Gasteiger partial charge is 0.321 e. The van der Waals surface area contributed by atoms with Crippen LogP contribution in [0.25, 0.3) is 0 Å². The molecule has 0 saturated carbocycles. The summed E-state index contributed by atoms with van der Waals surface area (Å²) in [6, 6.07) is -0.483. The van der Waals surface area contributed by atoms with E-state index in [0.29, 0.717) is 6.54 Å². The van der Waals surface area contributed by atoms with E-state index >= 15 is 0 Å². The van der Waals surface area contributed by atoms with E-state index in [1.165, 1.54) is 0 Å². The molecular weight excluding hydrogens is 194 g/mol. The molecule has 0 amide bonds. The summed E-state index contributed by atoms with van der Waals surface area (Å²) in [4.78, 5) is 13.0. The number of hydrogen-bond donors (Lipinski definition) is 2. The molecule has 0 aromatic heterocycles. The van der Waals surface area contributed by atoms with Gasteiger partial charge in [0.25, 0.3) is 0 Å². The van der Waals surface area contributed by atoms with Crippen molar-refractivity contribution in [3.63, 3.8) is 0 Å². The first-order valence-corrected chi connectivity index (χ1v) is 5.62. The van der Waals surface area contributed by atoms with Gasteiger partial charge < -0.3 is 10.2 Å². The second kappa shape index (κ2) is 7.65. The number of aliphatic carboxylic acids is 1. The SMILES string of the molecule is CCCCN(CCO)C(C(=O)O)C(C)C. The molecule has 1 unspecified atom stereocenters. The third kappa shape index (κ3) is 5.14. The summed E-state index contributed by atoms with van der Waals surface area (Å²) in [5, 5.41) is 18.0. The molecule has 0 rings (SSSR count). The normalized spacial score (nSPS) is 13.5. The minimum absolute atomic E-state index is 0.0141. The lowest BCUT2D eigenvalue weighted by molar-refractivity contribution is -0.145. The maximum absolute atomic E-state index is 11.1. The van der Waals surface area contributed by atoms with Crippen LogP contribution in [0.3, 0.4) is 0 Å². The van der Waals surface area contributed by atoms with E-state index < -0.39 is 12.0 Å². The summed E-state index contributed by atoms with van der Waals surface area (Å²) in [6.45, 7) is 7.06. The number of rotatable bonds is 8. The molecule has 0 heterocycles. The minimum atomic E-state index is -0.797. The highest BCUT2D eigenvalue weighted by Gasteiger charge is 2.27. The van der Waals surface area contributed by atoms with Crippen molar-refractivity contribution in [1.29, 1.82) is 0 Å². The number of carbonyl (C=O) groups is 1. The number of carboxylic acids is 1. The molecule has 2 N–H and O–H groups in total. The summed E-state index contributed by atoms with van der Waals surface area (Å²) >= 11 is 0. The third-order valence-electron chi connectivity index (χ3n) is 2.46. The maximum Gasteiger partial charge on any atom is 0.321 e. The van der Waals surface area contributed by atoms with Crippen molar-refractivity contribution in [2.75, 3.05) is 19.7 Å². The fourth-order valence-corrected chi connectivity index (χ4v) is 1.74. The Bertz CT molecular complexity index is 183. The van der Waals surface area contributed by atoms with E-state index in [4.69, 9.17) is 10.2 Å². The van der Waals surface area contributed by atoms with Crippen LogP contribution in [0.5, 0.6) is 0 Å². The highest BCUT2D eigenvalue weighted by molar-refractivity contribution is 5.73. The molecule has 0 aromatic rings. The molecule has 0 saturated heterocycles. The summed E-state index contributed by atoms with van der Waals surface area (Å²) in [5.74, 6) is -0.736. The average Bonchev–Trinajstić information content (AvgIpc) is 2.13. The van der Waals surface area contributed by atoms with Gasteiger partial charge in [0.15, 0.2) is 0 Å². The highest BCUT2D eigenvalue weighted by atomic mass is 16.4. The Morgan fingerprint density at radius 2 is 1.93 bits per heavy atom. The predicted molar refractivity (Wildman–Crippen MR) is 59.8 cm³/mol. The van der Waals surface area contributed by atoms with Crippen LogP contribution in [-0.4, -0.2) is 46.8 Å².